The minimum atomic E-state index is -0.175. The van der Waals surface area contributed by atoms with Gasteiger partial charge < -0.3 is 19.3 Å². The van der Waals surface area contributed by atoms with Gasteiger partial charge in [-0.15, -0.1) is 0 Å². The van der Waals surface area contributed by atoms with Crippen molar-refractivity contribution in [3.8, 4) is 0 Å². The summed E-state index contributed by atoms with van der Waals surface area (Å²) in [6, 6.07) is 0. The quantitative estimate of drug-likeness (QED) is 0.618. The smallest absolute Gasteiger partial charge is 0.103 e. The van der Waals surface area contributed by atoms with E-state index < -0.39 is 0 Å². The fourth-order valence-corrected chi connectivity index (χ4v) is 3.83. The van der Waals surface area contributed by atoms with Crippen LogP contribution in [-0.2, 0) is 9.47 Å². The van der Waals surface area contributed by atoms with Crippen LogP contribution >= 0.6 is 0 Å². The predicted octanol–water partition coefficient (Wildman–Crippen LogP) is 4.46. The fourth-order valence-electron chi connectivity index (χ4n) is 3.83. The highest BCUT2D eigenvalue weighted by Gasteiger charge is 2.36. The van der Waals surface area contributed by atoms with E-state index in [2.05, 4.69) is 91.4 Å². The maximum Gasteiger partial charge on any atom is 0.103 e. The zero-order valence-corrected chi connectivity index (χ0v) is 17.6. The van der Waals surface area contributed by atoms with Crippen LogP contribution in [0.25, 0.3) is 0 Å². The summed E-state index contributed by atoms with van der Waals surface area (Å²) in [5.74, 6) is 0.518. The van der Waals surface area contributed by atoms with E-state index in [1.54, 1.807) is 0 Å². The number of ether oxygens (including phenoxy) is 2. The third-order valence-corrected chi connectivity index (χ3v) is 3.96. The topological polar surface area (TPSA) is 24.9 Å². The lowest BCUT2D eigenvalue weighted by Crippen LogP contribution is -2.52. The summed E-state index contributed by atoms with van der Waals surface area (Å²) < 4.78 is 12.2. The van der Waals surface area contributed by atoms with Crippen molar-refractivity contribution in [1.82, 2.24) is 9.80 Å². The second-order valence-corrected chi connectivity index (χ2v) is 9.15. The van der Waals surface area contributed by atoms with Crippen molar-refractivity contribution in [3.05, 3.63) is 12.4 Å². The summed E-state index contributed by atoms with van der Waals surface area (Å²) in [6.45, 7) is 23.4. The summed E-state index contributed by atoms with van der Waals surface area (Å²) in [5, 5.41) is 0. The molecule has 1 aliphatic rings. The molecular formula is C20H40N2O2. The minimum Gasteiger partial charge on any atom is -0.371 e. The zero-order valence-electron chi connectivity index (χ0n) is 17.6. The van der Waals surface area contributed by atoms with Crippen molar-refractivity contribution in [2.45, 2.75) is 98.8 Å². The molecule has 1 aliphatic heterocycles. The Morgan fingerprint density at radius 2 is 1.08 bits per heavy atom. The molecule has 0 saturated heterocycles. The number of rotatable bonds is 9. The van der Waals surface area contributed by atoms with Gasteiger partial charge in [-0.05, 0) is 61.3 Å². The van der Waals surface area contributed by atoms with Gasteiger partial charge in [0.2, 0.25) is 0 Å². The molecule has 0 aromatic rings. The van der Waals surface area contributed by atoms with Crippen molar-refractivity contribution in [2.24, 2.45) is 5.92 Å². The van der Waals surface area contributed by atoms with Crippen molar-refractivity contribution < 1.29 is 9.47 Å². The van der Waals surface area contributed by atoms with Gasteiger partial charge in [-0.2, -0.15) is 0 Å². The average molecular weight is 341 g/mol. The Labute approximate surface area is 150 Å². The Morgan fingerprint density at radius 3 is 1.33 bits per heavy atom. The lowest BCUT2D eigenvalue weighted by molar-refractivity contribution is -0.0935. The van der Waals surface area contributed by atoms with Crippen LogP contribution in [0.15, 0.2) is 12.4 Å². The first-order valence-electron chi connectivity index (χ1n) is 9.38. The molecular weight excluding hydrogens is 300 g/mol. The Bertz CT molecular complexity index is 380. The molecule has 0 radical (unpaired) electrons. The molecule has 0 aromatic carbocycles. The minimum absolute atomic E-state index is 0.175. The van der Waals surface area contributed by atoms with Crippen LogP contribution in [0.3, 0.4) is 0 Å². The molecule has 4 nitrogen and oxygen atoms in total. The van der Waals surface area contributed by atoms with E-state index in [-0.39, 0.29) is 23.4 Å². The second-order valence-electron chi connectivity index (χ2n) is 9.15. The first-order chi connectivity index (χ1) is 10.8. The molecule has 0 saturated carbocycles. The maximum atomic E-state index is 6.10. The fraction of sp³-hybridized carbons (Fsp3) is 0.900. The molecule has 0 bridgehead atoms. The first kappa shape index (κ1) is 21.3. The molecule has 0 spiro atoms. The SMILES string of the molecule is CC(C)OC(C)(C)CN1C=CN(CC(C)(C)OC(C)C)C1C(C)C. The van der Waals surface area contributed by atoms with Crippen molar-refractivity contribution in [3.63, 3.8) is 0 Å². The van der Waals surface area contributed by atoms with E-state index >= 15 is 0 Å². The highest BCUT2D eigenvalue weighted by Crippen LogP contribution is 2.28. The normalized spacial score (nSPS) is 17.2. The van der Waals surface area contributed by atoms with E-state index in [0.717, 1.165) is 13.1 Å². The van der Waals surface area contributed by atoms with Gasteiger partial charge in [0.1, 0.15) is 6.17 Å². The Kier molecular flexibility index (Phi) is 7.18. The molecule has 0 aliphatic carbocycles. The van der Waals surface area contributed by atoms with Gasteiger partial charge in [-0.3, -0.25) is 0 Å². The van der Waals surface area contributed by atoms with Crippen LogP contribution in [0.1, 0.15) is 69.2 Å². The molecule has 1 rings (SSSR count). The largest absolute Gasteiger partial charge is 0.371 e. The van der Waals surface area contributed by atoms with Crippen LogP contribution in [0.2, 0.25) is 0 Å². The summed E-state index contributed by atoms with van der Waals surface area (Å²) in [4.78, 5) is 4.83. The molecule has 0 N–H and O–H groups in total. The molecule has 0 amide bonds. The molecule has 0 atom stereocenters. The summed E-state index contributed by atoms with van der Waals surface area (Å²) in [6.07, 6.45) is 5.23. The Balaban J connectivity index is 2.80. The zero-order chi connectivity index (χ0) is 18.7. The molecule has 142 valence electrons. The highest BCUT2D eigenvalue weighted by molar-refractivity contribution is 5.01. The summed E-state index contributed by atoms with van der Waals surface area (Å²) in [5.41, 5.74) is -0.350. The Hall–Kier alpha value is -0.740. The van der Waals surface area contributed by atoms with Crippen molar-refractivity contribution in [2.75, 3.05) is 13.1 Å². The van der Waals surface area contributed by atoms with Crippen LogP contribution in [0.5, 0.6) is 0 Å². The number of hydrogen-bond donors (Lipinski definition) is 0. The average Bonchev–Trinajstić information content (AvgIpc) is 2.65. The van der Waals surface area contributed by atoms with Crippen LogP contribution < -0.4 is 0 Å². The van der Waals surface area contributed by atoms with Gasteiger partial charge in [0.05, 0.1) is 23.4 Å². The number of nitrogens with zero attached hydrogens (tertiary/aromatic N) is 2. The molecule has 1 heterocycles. The molecule has 0 fully saturated rings. The molecule has 24 heavy (non-hydrogen) atoms. The second kappa shape index (κ2) is 8.09. The lowest BCUT2D eigenvalue weighted by Gasteiger charge is -2.42. The van der Waals surface area contributed by atoms with Gasteiger partial charge in [0.15, 0.2) is 0 Å². The number of hydrogen-bond acceptors (Lipinski definition) is 4. The summed E-state index contributed by atoms with van der Waals surface area (Å²) in [7, 11) is 0. The standard InChI is InChI=1S/C20H40N2O2/c1-15(2)18-21(13-19(7,8)23-16(3)4)11-12-22(18)14-20(9,10)24-17(5)6/h11-12,15-18H,13-14H2,1-10H3. The van der Waals surface area contributed by atoms with Crippen LogP contribution in [-0.4, -0.2) is 52.5 Å². The van der Waals surface area contributed by atoms with Crippen molar-refractivity contribution in [1.29, 1.82) is 0 Å². The van der Waals surface area contributed by atoms with E-state index in [9.17, 15) is 0 Å². The molecule has 0 unspecified atom stereocenters. The van der Waals surface area contributed by atoms with Gasteiger partial charge in [0, 0.05) is 25.5 Å². The van der Waals surface area contributed by atoms with E-state index in [1.165, 1.54) is 0 Å². The summed E-state index contributed by atoms with van der Waals surface area (Å²) >= 11 is 0. The molecule has 4 heteroatoms. The predicted molar refractivity (Wildman–Crippen MR) is 102 cm³/mol. The van der Waals surface area contributed by atoms with Crippen LogP contribution in [0.4, 0.5) is 0 Å². The van der Waals surface area contributed by atoms with Crippen molar-refractivity contribution >= 4 is 0 Å². The van der Waals surface area contributed by atoms with Gasteiger partial charge >= 0.3 is 0 Å². The first-order valence-corrected chi connectivity index (χ1v) is 9.38. The third-order valence-electron chi connectivity index (χ3n) is 3.96. The highest BCUT2D eigenvalue weighted by atomic mass is 16.5. The lowest BCUT2D eigenvalue weighted by atomic mass is 10.0. The van der Waals surface area contributed by atoms with Gasteiger partial charge in [0.25, 0.3) is 0 Å². The third kappa shape index (κ3) is 6.64. The molecule has 0 aromatic heterocycles. The van der Waals surface area contributed by atoms with E-state index in [1.807, 2.05) is 0 Å². The van der Waals surface area contributed by atoms with Crippen LogP contribution in [0, 0.1) is 5.92 Å². The van der Waals surface area contributed by atoms with E-state index in [4.69, 9.17) is 9.47 Å². The van der Waals surface area contributed by atoms with E-state index in [0.29, 0.717) is 12.1 Å². The van der Waals surface area contributed by atoms with Gasteiger partial charge in [-0.1, -0.05) is 13.8 Å². The Morgan fingerprint density at radius 1 is 0.750 bits per heavy atom. The maximum absolute atomic E-state index is 6.10. The van der Waals surface area contributed by atoms with Gasteiger partial charge in [-0.25, -0.2) is 0 Å². The monoisotopic (exact) mass is 340 g/mol.